The van der Waals surface area contributed by atoms with Gasteiger partial charge in [-0.15, -0.1) is 0 Å². The van der Waals surface area contributed by atoms with Crippen LogP contribution in [0.4, 0.5) is 0 Å². The second kappa shape index (κ2) is 5.67. The van der Waals surface area contributed by atoms with Gasteiger partial charge in [-0.25, -0.2) is 0 Å². The molecule has 0 atom stereocenters. The molecule has 2 saturated heterocycles. The molecule has 3 aliphatic rings. The number of likely N-dealkylation sites (tertiary alicyclic amines) is 1. The van der Waals surface area contributed by atoms with Crippen LogP contribution in [0.5, 0.6) is 0 Å². The summed E-state index contributed by atoms with van der Waals surface area (Å²) in [6.07, 6.45) is 5.51. The lowest BCUT2D eigenvalue weighted by Crippen LogP contribution is -2.68. The molecule has 23 heavy (non-hydrogen) atoms. The van der Waals surface area contributed by atoms with Gasteiger partial charge in [-0.05, 0) is 43.7 Å². The fourth-order valence-electron chi connectivity index (χ4n) is 3.88. The van der Waals surface area contributed by atoms with Crippen LogP contribution in [0, 0.1) is 5.92 Å². The molecule has 0 radical (unpaired) electrons. The van der Waals surface area contributed by atoms with E-state index < -0.39 is 5.54 Å². The number of hydrogen-bond donors (Lipinski definition) is 1. The lowest BCUT2D eigenvalue weighted by molar-refractivity contribution is -0.141. The average Bonchev–Trinajstić information content (AvgIpc) is 3.22. The minimum atomic E-state index is -0.416. The molecule has 124 valence electrons. The van der Waals surface area contributed by atoms with Gasteiger partial charge in [-0.2, -0.15) is 0 Å². The lowest BCUT2D eigenvalue weighted by Gasteiger charge is -2.50. The van der Waals surface area contributed by atoms with Crippen molar-refractivity contribution in [1.29, 1.82) is 0 Å². The Hall–Kier alpha value is -1.82. The summed E-state index contributed by atoms with van der Waals surface area (Å²) in [5, 5.41) is 3.04. The first-order valence-electron chi connectivity index (χ1n) is 8.55. The molecular formula is C17H23N3O3. The summed E-state index contributed by atoms with van der Waals surface area (Å²) in [6.45, 7) is 3.90. The summed E-state index contributed by atoms with van der Waals surface area (Å²) in [7, 11) is 0. The second-order valence-electron chi connectivity index (χ2n) is 6.95. The van der Waals surface area contributed by atoms with Crippen LogP contribution in [0.1, 0.15) is 36.2 Å². The zero-order chi connectivity index (χ0) is 15.9. The number of nitrogens with one attached hydrogen (secondary N) is 1. The van der Waals surface area contributed by atoms with Gasteiger partial charge in [0, 0.05) is 32.7 Å². The molecule has 1 aromatic rings. The quantitative estimate of drug-likeness (QED) is 0.906. The summed E-state index contributed by atoms with van der Waals surface area (Å²) in [5.74, 6) is 1.22. The Bertz CT molecular complexity index is 586. The number of carbonyl (C=O) groups is 2. The van der Waals surface area contributed by atoms with Crippen molar-refractivity contribution >= 4 is 11.8 Å². The summed E-state index contributed by atoms with van der Waals surface area (Å²) < 4.78 is 5.21. The zero-order valence-electron chi connectivity index (χ0n) is 13.3. The summed E-state index contributed by atoms with van der Waals surface area (Å²) in [4.78, 5) is 29.2. The van der Waals surface area contributed by atoms with Gasteiger partial charge in [0.2, 0.25) is 5.91 Å². The maximum Gasteiger partial charge on any atom is 0.289 e. The van der Waals surface area contributed by atoms with Gasteiger partial charge >= 0.3 is 0 Å². The van der Waals surface area contributed by atoms with E-state index in [9.17, 15) is 9.59 Å². The standard InChI is InChI=1S/C17H23N3O3/c21-15(14-2-1-11-23-14)19-8-5-17(6-9-19)16(22)18-7-10-20(17)12-13-3-4-13/h1-2,11,13H,3-10,12H2,(H,18,22). The first-order valence-corrected chi connectivity index (χ1v) is 8.55. The fourth-order valence-corrected chi connectivity index (χ4v) is 3.88. The Kier molecular flexibility index (Phi) is 3.64. The van der Waals surface area contributed by atoms with E-state index in [1.165, 1.54) is 19.1 Å². The molecule has 1 N–H and O–H groups in total. The van der Waals surface area contributed by atoms with Crippen LogP contribution in [-0.2, 0) is 4.79 Å². The molecule has 1 saturated carbocycles. The monoisotopic (exact) mass is 317 g/mol. The van der Waals surface area contributed by atoms with Gasteiger partial charge in [0.1, 0.15) is 5.54 Å². The predicted octanol–water partition coefficient (Wildman–Crippen LogP) is 1.10. The predicted molar refractivity (Wildman–Crippen MR) is 83.9 cm³/mol. The summed E-state index contributed by atoms with van der Waals surface area (Å²) in [5.41, 5.74) is -0.416. The van der Waals surface area contributed by atoms with Gasteiger partial charge in [0.25, 0.3) is 5.91 Å². The van der Waals surface area contributed by atoms with Gasteiger partial charge in [0.15, 0.2) is 5.76 Å². The van der Waals surface area contributed by atoms with Crippen LogP contribution >= 0.6 is 0 Å². The molecule has 6 nitrogen and oxygen atoms in total. The number of furan rings is 1. The van der Waals surface area contributed by atoms with E-state index in [4.69, 9.17) is 4.42 Å². The van der Waals surface area contributed by atoms with E-state index >= 15 is 0 Å². The molecule has 0 unspecified atom stereocenters. The number of rotatable bonds is 3. The van der Waals surface area contributed by atoms with Crippen LogP contribution in [0.15, 0.2) is 22.8 Å². The third-order valence-corrected chi connectivity index (χ3v) is 5.48. The van der Waals surface area contributed by atoms with Crippen molar-refractivity contribution in [1.82, 2.24) is 15.1 Å². The molecule has 1 spiro atoms. The molecular weight excluding hydrogens is 294 g/mol. The van der Waals surface area contributed by atoms with Crippen molar-refractivity contribution in [2.75, 3.05) is 32.7 Å². The molecule has 1 aromatic heterocycles. The van der Waals surface area contributed by atoms with Crippen LogP contribution in [0.2, 0.25) is 0 Å². The Morgan fingerprint density at radius 2 is 2.09 bits per heavy atom. The maximum absolute atomic E-state index is 12.6. The van der Waals surface area contributed by atoms with Crippen molar-refractivity contribution in [2.45, 2.75) is 31.2 Å². The molecule has 0 bridgehead atoms. The number of amides is 2. The smallest absolute Gasteiger partial charge is 0.289 e. The van der Waals surface area contributed by atoms with Crippen LogP contribution in [0.3, 0.4) is 0 Å². The van der Waals surface area contributed by atoms with E-state index in [2.05, 4.69) is 10.2 Å². The largest absolute Gasteiger partial charge is 0.459 e. The minimum absolute atomic E-state index is 0.0742. The van der Waals surface area contributed by atoms with Crippen molar-refractivity contribution in [3.63, 3.8) is 0 Å². The molecule has 4 rings (SSSR count). The number of carbonyl (C=O) groups excluding carboxylic acids is 2. The van der Waals surface area contributed by atoms with E-state index in [0.29, 0.717) is 31.7 Å². The molecule has 2 aliphatic heterocycles. The number of piperidine rings is 1. The highest BCUT2D eigenvalue weighted by atomic mass is 16.3. The molecule has 0 aromatic carbocycles. The fraction of sp³-hybridized carbons (Fsp3) is 0.647. The Balaban J connectivity index is 1.47. The SMILES string of the molecule is O=C(c1ccco1)N1CCC2(CC1)C(=O)NCCN2CC1CC1. The molecule has 1 aliphatic carbocycles. The number of piperazine rings is 1. The van der Waals surface area contributed by atoms with Gasteiger partial charge in [-0.1, -0.05) is 0 Å². The summed E-state index contributed by atoms with van der Waals surface area (Å²) in [6, 6.07) is 3.42. The second-order valence-corrected chi connectivity index (χ2v) is 6.95. The third-order valence-electron chi connectivity index (χ3n) is 5.48. The van der Waals surface area contributed by atoms with Gasteiger partial charge in [-0.3, -0.25) is 14.5 Å². The van der Waals surface area contributed by atoms with Crippen molar-refractivity contribution in [3.05, 3.63) is 24.2 Å². The average molecular weight is 317 g/mol. The normalized spacial score (nSPS) is 24.7. The van der Waals surface area contributed by atoms with Crippen molar-refractivity contribution in [2.24, 2.45) is 5.92 Å². The molecule has 3 heterocycles. The van der Waals surface area contributed by atoms with Gasteiger partial charge in [0.05, 0.1) is 6.26 Å². The molecule has 2 amide bonds. The lowest BCUT2D eigenvalue weighted by atomic mass is 9.82. The van der Waals surface area contributed by atoms with Crippen LogP contribution in [0.25, 0.3) is 0 Å². The summed E-state index contributed by atoms with van der Waals surface area (Å²) >= 11 is 0. The topological polar surface area (TPSA) is 65.8 Å². The van der Waals surface area contributed by atoms with Crippen molar-refractivity contribution < 1.29 is 14.0 Å². The van der Waals surface area contributed by atoms with E-state index in [1.807, 2.05) is 0 Å². The molecule has 3 fully saturated rings. The Morgan fingerprint density at radius 3 is 2.74 bits per heavy atom. The van der Waals surface area contributed by atoms with Crippen molar-refractivity contribution in [3.8, 4) is 0 Å². The first kappa shape index (κ1) is 14.8. The Labute approximate surface area is 135 Å². The highest BCUT2D eigenvalue weighted by molar-refractivity contribution is 5.92. The number of hydrogen-bond acceptors (Lipinski definition) is 4. The molecule has 6 heteroatoms. The highest BCUT2D eigenvalue weighted by Crippen LogP contribution is 2.37. The first-order chi connectivity index (χ1) is 11.2. The van der Waals surface area contributed by atoms with Crippen LogP contribution in [-0.4, -0.2) is 59.9 Å². The van der Waals surface area contributed by atoms with Gasteiger partial charge < -0.3 is 14.6 Å². The van der Waals surface area contributed by atoms with E-state index in [0.717, 1.165) is 25.6 Å². The minimum Gasteiger partial charge on any atom is -0.459 e. The third kappa shape index (κ3) is 2.65. The Morgan fingerprint density at radius 1 is 1.30 bits per heavy atom. The van der Waals surface area contributed by atoms with E-state index in [1.54, 1.807) is 17.0 Å². The van der Waals surface area contributed by atoms with E-state index in [-0.39, 0.29) is 11.8 Å². The van der Waals surface area contributed by atoms with Crippen LogP contribution < -0.4 is 5.32 Å². The highest BCUT2D eigenvalue weighted by Gasteiger charge is 2.49. The number of nitrogens with zero attached hydrogens (tertiary/aromatic N) is 2. The zero-order valence-corrected chi connectivity index (χ0v) is 13.3. The maximum atomic E-state index is 12.6.